The third kappa shape index (κ3) is 2.18. The van der Waals surface area contributed by atoms with Crippen molar-refractivity contribution in [2.24, 2.45) is 23.7 Å². The molecule has 3 amide bonds. The van der Waals surface area contributed by atoms with Gasteiger partial charge in [-0.3, -0.25) is 19.3 Å². The minimum absolute atomic E-state index is 0.0435. The fourth-order valence-corrected chi connectivity index (χ4v) is 4.86. The Labute approximate surface area is 151 Å². The lowest BCUT2D eigenvalue weighted by molar-refractivity contribution is -0.123. The second kappa shape index (κ2) is 5.77. The van der Waals surface area contributed by atoms with Gasteiger partial charge < -0.3 is 9.64 Å². The Morgan fingerprint density at radius 1 is 0.923 bits per heavy atom. The van der Waals surface area contributed by atoms with Gasteiger partial charge in [0.25, 0.3) is 5.91 Å². The molecule has 134 valence electrons. The van der Waals surface area contributed by atoms with Crippen molar-refractivity contribution in [2.75, 3.05) is 31.2 Å². The van der Waals surface area contributed by atoms with Gasteiger partial charge >= 0.3 is 0 Å². The zero-order chi connectivity index (χ0) is 17.8. The molecule has 1 aromatic rings. The van der Waals surface area contributed by atoms with Gasteiger partial charge in [0.2, 0.25) is 11.8 Å². The first-order chi connectivity index (χ1) is 12.6. The van der Waals surface area contributed by atoms with Gasteiger partial charge in [-0.15, -0.1) is 0 Å². The summed E-state index contributed by atoms with van der Waals surface area (Å²) in [5.74, 6) is -0.229. The number of rotatable bonds is 2. The summed E-state index contributed by atoms with van der Waals surface area (Å²) < 4.78 is 5.27. The highest BCUT2D eigenvalue weighted by Gasteiger charge is 2.59. The van der Waals surface area contributed by atoms with Gasteiger partial charge in [0.15, 0.2) is 0 Å². The van der Waals surface area contributed by atoms with E-state index < -0.39 is 0 Å². The monoisotopic (exact) mass is 352 g/mol. The number of hydrogen-bond acceptors (Lipinski definition) is 4. The molecule has 2 saturated heterocycles. The minimum atomic E-state index is -0.202. The second-order valence-electron chi connectivity index (χ2n) is 7.46. The van der Waals surface area contributed by atoms with E-state index in [-0.39, 0.29) is 41.4 Å². The highest BCUT2D eigenvalue weighted by atomic mass is 16.5. The van der Waals surface area contributed by atoms with Crippen LogP contribution in [0.25, 0.3) is 0 Å². The van der Waals surface area contributed by atoms with E-state index in [2.05, 4.69) is 12.2 Å². The van der Waals surface area contributed by atoms with Crippen LogP contribution in [0.15, 0.2) is 36.4 Å². The number of imide groups is 1. The van der Waals surface area contributed by atoms with Crippen LogP contribution in [0.3, 0.4) is 0 Å². The maximum absolute atomic E-state index is 12.8. The van der Waals surface area contributed by atoms with Crippen LogP contribution >= 0.6 is 0 Å². The fraction of sp³-hybridized carbons (Fsp3) is 0.450. The average Bonchev–Trinajstić information content (AvgIpc) is 3.36. The van der Waals surface area contributed by atoms with Gasteiger partial charge in [-0.05, 0) is 42.5 Å². The molecule has 1 saturated carbocycles. The van der Waals surface area contributed by atoms with Gasteiger partial charge in [0, 0.05) is 18.7 Å². The number of carbonyl (C=O) groups is 3. The van der Waals surface area contributed by atoms with Gasteiger partial charge in [0.05, 0.1) is 30.7 Å². The van der Waals surface area contributed by atoms with E-state index >= 15 is 0 Å². The van der Waals surface area contributed by atoms with Crippen LogP contribution in [0.1, 0.15) is 16.8 Å². The van der Waals surface area contributed by atoms with Crippen molar-refractivity contribution in [3.63, 3.8) is 0 Å². The van der Waals surface area contributed by atoms with E-state index in [0.29, 0.717) is 37.6 Å². The summed E-state index contributed by atoms with van der Waals surface area (Å²) in [4.78, 5) is 41.3. The van der Waals surface area contributed by atoms with Crippen molar-refractivity contribution in [3.8, 4) is 0 Å². The number of carbonyl (C=O) groups excluding carboxylic acids is 3. The number of allylic oxidation sites excluding steroid dienone is 2. The maximum atomic E-state index is 12.8. The van der Waals surface area contributed by atoms with Crippen molar-refractivity contribution < 1.29 is 19.1 Å². The van der Waals surface area contributed by atoms with E-state index in [1.807, 2.05) is 0 Å². The zero-order valence-electron chi connectivity index (χ0n) is 14.3. The summed E-state index contributed by atoms with van der Waals surface area (Å²) in [6, 6.07) is 6.82. The lowest BCUT2D eigenvalue weighted by Gasteiger charge is -2.27. The lowest BCUT2D eigenvalue weighted by atomic mass is 9.85. The normalized spacial score (nSPS) is 32.5. The molecule has 2 heterocycles. The smallest absolute Gasteiger partial charge is 0.254 e. The molecule has 3 fully saturated rings. The van der Waals surface area contributed by atoms with E-state index in [4.69, 9.17) is 4.74 Å². The second-order valence-corrected chi connectivity index (χ2v) is 7.46. The lowest BCUT2D eigenvalue weighted by Crippen LogP contribution is -2.40. The van der Waals surface area contributed by atoms with E-state index in [1.54, 1.807) is 29.2 Å². The topological polar surface area (TPSA) is 66.9 Å². The summed E-state index contributed by atoms with van der Waals surface area (Å²) in [7, 11) is 0. The van der Waals surface area contributed by atoms with E-state index in [1.165, 1.54) is 4.90 Å². The van der Waals surface area contributed by atoms with Crippen molar-refractivity contribution >= 4 is 23.4 Å². The van der Waals surface area contributed by atoms with E-state index in [9.17, 15) is 14.4 Å². The molecule has 2 bridgehead atoms. The van der Waals surface area contributed by atoms with Crippen LogP contribution in [0.5, 0.6) is 0 Å². The minimum Gasteiger partial charge on any atom is -0.378 e. The molecule has 0 unspecified atom stereocenters. The van der Waals surface area contributed by atoms with Gasteiger partial charge in [-0.2, -0.15) is 0 Å². The Kier molecular flexibility index (Phi) is 3.50. The summed E-state index contributed by atoms with van der Waals surface area (Å²) >= 11 is 0. The third-order valence-electron chi connectivity index (χ3n) is 6.14. The Morgan fingerprint density at radius 2 is 1.50 bits per heavy atom. The number of amides is 3. The van der Waals surface area contributed by atoms with Crippen molar-refractivity contribution in [1.82, 2.24) is 4.90 Å². The molecule has 6 heteroatoms. The highest BCUT2D eigenvalue weighted by Crippen LogP contribution is 2.53. The number of morpholine rings is 1. The SMILES string of the molecule is O=C(c1ccc(N2C(=O)[C@@H]3[C@H](C2=O)[C@@H]2C=C[C@H]3C2)cc1)N1CCOCC1. The molecule has 2 aliphatic heterocycles. The van der Waals surface area contributed by atoms with Crippen LogP contribution in [-0.2, 0) is 14.3 Å². The molecule has 0 aromatic heterocycles. The molecule has 2 aliphatic carbocycles. The number of hydrogen-bond donors (Lipinski definition) is 0. The Hall–Kier alpha value is -2.47. The molecule has 1 aromatic carbocycles. The van der Waals surface area contributed by atoms with Gasteiger partial charge in [0.1, 0.15) is 0 Å². The van der Waals surface area contributed by atoms with Crippen LogP contribution in [0.4, 0.5) is 5.69 Å². The predicted molar refractivity (Wildman–Crippen MR) is 93.4 cm³/mol. The molecule has 0 N–H and O–H groups in total. The van der Waals surface area contributed by atoms with Crippen LogP contribution < -0.4 is 4.90 Å². The van der Waals surface area contributed by atoms with Crippen LogP contribution in [0.2, 0.25) is 0 Å². The fourth-order valence-electron chi connectivity index (χ4n) is 4.86. The number of ether oxygens (including phenoxy) is 1. The van der Waals surface area contributed by atoms with Crippen molar-refractivity contribution in [1.29, 1.82) is 0 Å². The van der Waals surface area contributed by atoms with Crippen molar-refractivity contribution in [3.05, 3.63) is 42.0 Å². The standard InChI is InChI=1S/C20H20N2O4/c23-18(21-7-9-26-10-8-21)12-3-5-15(6-4-12)22-19(24)16-13-1-2-14(11-13)17(16)20(22)25/h1-6,13-14,16-17H,7-11H2/t13-,14+,16-,17+. The summed E-state index contributed by atoms with van der Waals surface area (Å²) in [5, 5.41) is 0. The Morgan fingerprint density at radius 3 is 2.08 bits per heavy atom. The highest BCUT2D eigenvalue weighted by molar-refractivity contribution is 6.22. The number of fused-ring (bicyclic) bond motifs is 5. The van der Waals surface area contributed by atoms with Crippen molar-refractivity contribution in [2.45, 2.75) is 6.42 Å². The first kappa shape index (κ1) is 15.8. The Balaban J connectivity index is 1.37. The van der Waals surface area contributed by atoms with E-state index in [0.717, 1.165) is 6.42 Å². The molecule has 26 heavy (non-hydrogen) atoms. The average molecular weight is 352 g/mol. The summed E-state index contributed by atoms with van der Waals surface area (Å²) in [6.07, 6.45) is 5.10. The molecule has 6 nitrogen and oxygen atoms in total. The zero-order valence-corrected chi connectivity index (χ0v) is 14.3. The quantitative estimate of drug-likeness (QED) is 0.597. The van der Waals surface area contributed by atoms with Crippen LogP contribution in [0, 0.1) is 23.7 Å². The molecule has 0 radical (unpaired) electrons. The number of nitrogens with zero attached hydrogens (tertiary/aromatic N) is 2. The molecular formula is C20H20N2O4. The first-order valence-corrected chi connectivity index (χ1v) is 9.18. The number of benzene rings is 1. The first-order valence-electron chi connectivity index (χ1n) is 9.18. The molecule has 5 rings (SSSR count). The molecular weight excluding hydrogens is 332 g/mol. The molecule has 0 spiro atoms. The predicted octanol–water partition coefficient (Wildman–Crippen LogP) is 1.47. The Bertz CT molecular complexity index is 780. The molecule has 4 aliphatic rings. The molecule has 4 atom stereocenters. The summed E-state index contributed by atoms with van der Waals surface area (Å²) in [5.41, 5.74) is 1.13. The largest absolute Gasteiger partial charge is 0.378 e. The maximum Gasteiger partial charge on any atom is 0.254 e. The summed E-state index contributed by atoms with van der Waals surface area (Å²) in [6.45, 7) is 2.28. The third-order valence-corrected chi connectivity index (χ3v) is 6.14. The van der Waals surface area contributed by atoms with Gasteiger partial charge in [-0.25, -0.2) is 0 Å². The van der Waals surface area contributed by atoms with Gasteiger partial charge in [-0.1, -0.05) is 12.2 Å². The number of anilines is 1. The van der Waals surface area contributed by atoms with Crippen LogP contribution in [-0.4, -0.2) is 48.9 Å².